The van der Waals surface area contributed by atoms with Crippen molar-refractivity contribution in [2.75, 3.05) is 33.4 Å². The summed E-state index contributed by atoms with van der Waals surface area (Å²) in [6, 6.07) is 8.60. The highest BCUT2D eigenvalue weighted by Gasteiger charge is 2.22. The van der Waals surface area contributed by atoms with Gasteiger partial charge in [-0.2, -0.15) is 0 Å². The van der Waals surface area contributed by atoms with Crippen LogP contribution in [0.1, 0.15) is 37.8 Å². The highest BCUT2D eigenvalue weighted by molar-refractivity contribution is 5.92. The molecule has 0 amide bonds. The number of piperidine rings is 1. The first-order valence-corrected chi connectivity index (χ1v) is 10.2. The van der Waals surface area contributed by atoms with Gasteiger partial charge in [-0.3, -0.25) is 4.90 Å². The average molecular weight is 379 g/mol. The van der Waals surface area contributed by atoms with Crippen LogP contribution in [0.15, 0.2) is 71.9 Å². The van der Waals surface area contributed by atoms with Crippen LogP contribution < -0.4 is 5.32 Å². The number of nitrogens with zero attached hydrogens (tertiary/aromatic N) is 1. The van der Waals surface area contributed by atoms with Gasteiger partial charge >= 0.3 is 0 Å². The molecule has 1 saturated heterocycles. The van der Waals surface area contributed by atoms with E-state index in [2.05, 4.69) is 79.2 Å². The number of likely N-dealkylation sites (tertiary alicyclic amines) is 1. The molecule has 0 saturated carbocycles. The molecule has 1 aliphatic heterocycles. The van der Waals surface area contributed by atoms with Crippen molar-refractivity contribution in [3.05, 3.63) is 83.0 Å². The van der Waals surface area contributed by atoms with E-state index in [9.17, 15) is 5.11 Å². The fourth-order valence-electron chi connectivity index (χ4n) is 3.55. The number of rotatable bonds is 4. The number of fused-ring (bicyclic) bond motifs is 1. The Labute approximate surface area is 170 Å². The van der Waals surface area contributed by atoms with Crippen molar-refractivity contribution >= 4 is 11.6 Å². The van der Waals surface area contributed by atoms with Crippen LogP contribution in [0.25, 0.3) is 11.6 Å². The second-order valence-corrected chi connectivity index (χ2v) is 6.94. The van der Waals surface area contributed by atoms with Crippen molar-refractivity contribution in [3.63, 3.8) is 0 Å². The van der Waals surface area contributed by atoms with Gasteiger partial charge < -0.3 is 10.4 Å². The molecule has 0 bridgehead atoms. The minimum absolute atomic E-state index is 0.149. The van der Waals surface area contributed by atoms with Crippen LogP contribution in [-0.2, 0) is 0 Å². The van der Waals surface area contributed by atoms with Crippen molar-refractivity contribution in [2.24, 2.45) is 0 Å². The van der Waals surface area contributed by atoms with Crippen molar-refractivity contribution in [3.8, 4) is 0 Å². The van der Waals surface area contributed by atoms with Crippen molar-refractivity contribution in [1.29, 1.82) is 0 Å². The van der Waals surface area contributed by atoms with Crippen LogP contribution in [0.4, 0.5) is 0 Å². The Morgan fingerprint density at radius 3 is 2.43 bits per heavy atom. The molecule has 0 radical (unpaired) electrons. The second kappa shape index (κ2) is 11.6. The zero-order chi connectivity index (χ0) is 20.4. The van der Waals surface area contributed by atoms with E-state index in [0.717, 1.165) is 38.0 Å². The lowest BCUT2D eigenvalue weighted by atomic mass is 9.85. The van der Waals surface area contributed by atoms with E-state index in [0.29, 0.717) is 0 Å². The number of nitrogens with one attached hydrogen (secondary N) is 1. The predicted octanol–water partition coefficient (Wildman–Crippen LogP) is 4.80. The summed E-state index contributed by atoms with van der Waals surface area (Å²) >= 11 is 0. The number of allylic oxidation sites excluding steroid dienone is 7. The summed E-state index contributed by atoms with van der Waals surface area (Å²) in [5.41, 5.74) is 7.79. The molecular formula is C25H34N2O. The Kier molecular flexibility index (Phi) is 9.15. The lowest BCUT2D eigenvalue weighted by Crippen LogP contribution is -2.31. The highest BCUT2D eigenvalue weighted by atomic mass is 16.3. The van der Waals surface area contributed by atoms with Gasteiger partial charge in [0, 0.05) is 13.1 Å². The molecule has 1 heterocycles. The fraction of sp³-hybridized carbons (Fsp3) is 0.360. The second-order valence-electron chi connectivity index (χ2n) is 6.94. The van der Waals surface area contributed by atoms with E-state index in [-0.39, 0.29) is 6.73 Å². The zero-order valence-corrected chi connectivity index (χ0v) is 17.5. The summed E-state index contributed by atoms with van der Waals surface area (Å²) in [6.07, 6.45) is 12.6. The molecule has 0 atom stereocenters. The zero-order valence-electron chi connectivity index (χ0n) is 17.5. The molecule has 150 valence electrons. The SMILES string of the molecule is C=CC1=C(/C=C\C)C(=C2CCN(CO)CC2)c2ccccc2C=C1.CCNC. The van der Waals surface area contributed by atoms with Gasteiger partial charge in [0.25, 0.3) is 0 Å². The Hall–Kier alpha value is -2.20. The quantitative estimate of drug-likeness (QED) is 0.790. The molecule has 2 aliphatic rings. The predicted molar refractivity (Wildman–Crippen MR) is 122 cm³/mol. The molecule has 3 heteroatoms. The molecule has 2 N–H and O–H groups in total. The Bertz CT molecular complexity index is 771. The van der Waals surface area contributed by atoms with Crippen LogP contribution in [0, 0.1) is 0 Å². The third-order valence-corrected chi connectivity index (χ3v) is 5.17. The van der Waals surface area contributed by atoms with Crippen molar-refractivity contribution in [1.82, 2.24) is 10.2 Å². The van der Waals surface area contributed by atoms with Crippen LogP contribution in [0.2, 0.25) is 0 Å². The van der Waals surface area contributed by atoms with Gasteiger partial charge in [-0.15, -0.1) is 0 Å². The molecule has 1 aromatic carbocycles. The lowest BCUT2D eigenvalue weighted by Gasteiger charge is -2.29. The molecule has 1 fully saturated rings. The van der Waals surface area contributed by atoms with E-state index in [1.165, 1.54) is 27.8 Å². The number of benzene rings is 1. The van der Waals surface area contributed by atoms with E-state index >= 15 is 0 Å². The summed E-state index contributed by atoms with van der Waals surface area (Å²) in [5.74, 6) is 0. The fourth-order valence-corrected chi connectivity index (χ4v) is 3.55. The number of hydrogen-bond donors (Lipinski definition) is 2. The third kappa shape index (κ3) is 5.41. The summed E-state index contributed by atoms with van der Waals surface area (Å²) in [6.45, 7) is 11.2. The molecule has 0 unspecified atom stereocenters. The molecule has 0 spiro atoms. The van der Waals surface area contributed by atoms with Gasteiger partial charge in [-0.1, -0.05) is 73.7 Å². The van der Waals surface area contributed by atoms with Gasteiger partial charge in [0.2, 0.25) is 0 Å². The van der Waals surface area contributed by atoms with E-state index in [4.69, 9.17) is 0 Å². The molecule has 1 aliphatic carbocycles. The molecule has 0 aromatic heterocycles. The van der Waals surface area contributed by atoms with Crippen LogP contribution in [-0.4, -0.2) is 43.4 Å². The Morgan fingerprint density at radius 1 is 1.18 bits per heavy atom. The maximum absolute atomic E-state index is 9.37. The topological polar surface area (TPSA) is 35.5 Å². The van der Waals surface area contributed by atoms with Gasteiger partial charge in [-0.05, 0) is 61.2 Å². The van der Waals surface area contributed by atoms with Crippen LogP contribution >= 0.6 is 0 Å². The maximum atomic E-state index is 9.37. The molecular weight excluding hydrogens is 344 g/mol. The summed E-state index contributed by atoms with van der Waals surface area (Å²) in [4.78, 5) is 2.10. The van der Waals surface area contributed by atoms with Gasteiger partial charge in [0.05, 0.1) is 6.73 Å². The van der Waals surface area contributed by atoms with Crippen molar-refractivity contribution in [2.45, 2.75) is 26.7 Å². The maximum Gasteiger partial charge on any atom is 0.0956 e. The monoisotopic (exact) mass is 378 g/mol. The minimum atomic E-state index is 0.149. The summed E-state index contributed by atoms with van der Waals surface area (Å²) in [5, 5.41) is 12.3. The minimum Gasteiger partial charge on any atom is -0.381 e. The summed E-state index contributed by atoms with van der Waals surface area (Å²) < 4.78 is 0. The van der Waals surface area contributed by atoms with E-state index < -0.39 is 0 Å². The van der Waals surface area contributed by atoms with Gasteiger partial charge in [-0.25, -0.2) is 0 Å². The Balaban J connectivity index is 0.000000640. The summed E-state index contributed by atoms with van der Waals surface area (Å²) in [7, 11) is 1.93. The lowest BCUT2D eigenvalue weighted by molar-refractivity contribution is 0.100. The van der Waals surface area contributed by atoms with Crippen LogP contribution in [0.5, 0.6) is 0 Å². The number of hydrogen-bond acceptors (Lipinski definition) is 3. The third-order valence-electron chi connectivity index (χ3n) is 5.17. The molecule has 3 nitrogen and oxygen atoms in total. The normalized spacial score (nSPS) is 17.3. The standard InChI is InChI=1S/C22H25NO.C3H9N/c1-3-7-20-17(4-2)10-11-18-8-5-6-9-21(18)22(20)19-12-14-23(16-24)15-13-19;1-3-4-2/h3-11,24H,2,12-16H2,1H3;4H,3H2,1-2H3/b7-3-;. The number of aliphatic hydroxyl groups excluding tert-OH is 1. The van der Waals surface area contributed by atoms with E-state index in [1.807, 2.05) is 13.1 Å². The van der Waals surface area contributed by atoms with Crippen LogP contribution in [0.3, 0.4) is 0 Å². The molecule has 1 aromatic rings. The first-order valence-electron chi connectivity index (χ1n) is 10.2. The Morgan fingerprint density at radius 2 is 1.86 bits per heavy atom. The smallest absolute Gasteiger partial charge is 0.0956 e. The first kappa shape index (κ1) is 22.1. The van der Waals surface area contributed by atoms with Gasteiger partial charge in [0.15, 0.2) is 0 Å². The highest BCUT2D eigenvalue weighted by Crippen LogP contribution is 2.39. The average Bonchev–Trinajstić information content (AvgIpc) is 2.91. The number of aliphatic hydroxyl groups is 1. The molecule has 28 heavy (non-hydrogen) atoms. The van der Waals surface area contributed by atoms with Gasteiger partial charge in [0.1, 0.15) is 0 Å². The van der Waals surface area contributed by atoms with E-state index in [1.54, 1.807) is 0 Å². The largest absolute Gasteiger partial charge is 0.381 e. The molecule has 3 rings (SSSR count). The van der Waals surface area contributed by atoms with Crippen molar-refractivity contribution < 1.29 is 5.11 Å². The first-order chi connectivity index (χ1) is 13.7.